The van der Waals surface area contributed by atoms with Crippen LogP contribution in [0.3, 0.4) is 0 Å². The van der Waals surface area contributed by atoms with Gasteiger partial charge in [0.2, 0.25) is 0 Å². The molecule has 0 rings (SSSR count). The van der Waals surface area contributed by atoms with Crippen molar-refractivity contribution in [2.75, 3.05) is 0 Å². The molecule has 0 fully saturated rings. The fourth-order valence-corrected chi connectivity index (χ4v) is 0. The van der Waals surface area contributed by atoms with E-state index in [0.29, 0.717) is 0 Å². The number of hydrogen-bond donors (Lipinski definition) is 0. The predicted octanol–water partition coefficient (Wildman–Crippen LogP) is -5.45. The average molecular weight is 126 g/mol. The molecule has 0 aliphatic heterocycles. The summed E-state index contributed by atoms with van der Waals surface area (Å²) < 4.78 is 0. The zero-order valence-corrected chi connectivity index (χ0v) is 4.10. The fourth-order valence-electron chi connectivity index (χ4n) is 0. The first-order valence-corrected chi connectivity index (χ1v) is 0.612. The molecule has 5 heteroatoms. The van der Waals surface area contributed by atoms with Gasteiger partial charge in [-0.25, -0.2) is 0 Å². The molecule has 1 radical (unpaired) electrons. The van der Waals surface area contributed by atoms with Crippen LogP contribution in [0.4, 0.5) is 4.79 Å². The molecule has 0 heterocycles. The molecule has 0 aliphatic carbocycles. The Balaban J connectivity index is -0.0000000450. The molecule has 31 valence electrons. The maximum Gasteiger partial charge on any atom is 2.00 e. The van der Waals surface area contributed by atoms with Crippen LogP contribution in [0.15, 0.2) is 0 Å². The first kappa shape index (κ1) is 16.2. The first-order valence-electron chi connectivity index (χ1n) is 0.612. The van der Waals surface area contributed by atoms with Gasteiger partial charge in [-0.3, -0.25) is 0 Å². The minimum Gasteiger partial charge on any atom is -0.652 e. The van der Waals surface area contributed by atoms with Crippen LogP contribution in [0, 0.1) is 0 Å². The second-order valence-electron chi connectivity index (χ2n) is 0.250. The summed E-state index contributed by atoms with van der Waals surface area (Å²) in [5, 5.41) is 16.7. The molecule has 0 amide bonds. The van der Waals surface area contributed by atoms with E-state index < -0.39 is 6.16 Å². The molecule has 0 aliphatic rings. The number of carboxylic acid groups (broad SMARTS) is 2. The van der Waals surface area contributed by atoms with Crippen molar-refractivity contribution in [2.45, 2.75) is 0 Å². The Hall–Kier alpha value is 0.374. The van der Waals surface area contributed by atoms with Crippen LogP contribution in [0.2, 0.25) is 0 Å². The van der Waals surface area contributed by atoms with E-state index in [1.54, 1.807) is 0 Å². The summed E-state index contributed by atoms with van der Waals surface area (Å²) in [6.45, 7) is 0. The topological polar surface area (TPSA) is 63.2 Å². The number of rotatable bonds is 0. The minimum absolute atomic E-state index is 0. The van der Waals surface area contributed by atoms with Crippen molar-refractivity contribution >= 4 is 6.16 Å². The van der Waals surface area contributed by atoms with Crippen molar-refractivity contribution in [1.82, 2.24) is 0 Å². The van der Waals surface area contributed by atoms with Gasteiger partial charge in [0.25, 0.3) is 0 Å². The average Bonchev–Trinajstić information content (AvgIpc) is 0.811. The maximum atomic E-state index is 8.33. The Morgan fingerprint density at radius 1 is 1.33 bits per heavy atom. The van der Waals surface area contributed by atoms with Crippen molar-refractivity contribution in [3.05, 3.63) is 0 Å². The minimum atomic E-state index is -2.33. The zero-order chi connectivity index (χ0) is 3.58. The summed E-state index contributed by atoms with van der Waals surface area (Å²) in [6, 6.07) is 0. The smallest absolute Gasteiger partial charge is 0.652 e. The Morgan fingerprint density at radius 3 is 1.33 bits per heavy atom. The van der Waals surface area contributed by atoms with Crippen LogP contribution in [0.1, 0.15) is 0 Å². The summed E-state index contributed by atoms with van der Waals surface area (Å²) in [4.78, 5) is 8.33. The van der Waals surface area contributed by atoms with Crippen LogP contribution in [-0.2, 0) is 16.8 Å². The Kier molecular flexibility index (Phi) is 24.3. The third kappa shape index (κ3) is 356. The van der Waals surface area contributed by atoms with Gasteiger partial charge in [0.15, 0.2) is 0 Å². The summed E-state index contributed by atoms with van der Waals surface area (Å²) in [5.41, 5.74) is 0. The number of carbonyl (C=O) groups excluding carboxylic acids is 1. The molecule has 0 saturated heterocycles. The van der Waals surface area contributed by atoms with Crippen LogP contribution >= 0.6 is 0 Å². The number of hydrogen-bond acceptors (Lipinski definition) is 3. The van der Waals surface area contributed by atoms with Crippen molar-refractivity contribution in [3.63, 3.8) is 0 Å². The van der Waals surface area contributed by atoms with Gasteiger partial charge in [0, 0.05) is 0 Å². The van der Waals surface area contributed by atoms with Gasteiger partial charge in [-0.05, 0) is 6.16 Å². The van der Waals surface area contributed by atoms with E-state index in [2.05, 4.69) is 0 Å². The predicted molar refractivity (Wildman–Crippen MR) is 5.40 cm³/mol. The molecule has 0 N–H and O–H groups in total. The van der Waals surface area contributed by atoms with E-state index in [1.807, 2.05) is 0 Å². The third-order valence-electron chi connectivity index (χ3n) is 0. The Bertz CT molecular complexity index is 33.8. The normalized spacial score (nSPS) is 4.00. The quantitative estimate of drug-likeness (QED) is 0.304. The second kappa shape index (κ2) is 9.03. The van der Waals surface area contributed by atoms with E-state index in [0.717, 1.165) is 0 Å². The van der Waals surface area contributed by atoms with Crippen molar-refractivity contribution in [2.24, 2.45) is 0 Å². The van der Waals surface area contributed by atoms with E-state index >= 15 is 0 Å². The molecule has 0 aromatic carbocycles. The van der Waals surface area contributed by atoms with E-state index in [9.17, 15) is 0 Å². The largest absolute Gasteiger partial charge is 2.00 e. The summed E-state index contributed by atoms with van der Waals surface area (Å²) >= 11 is 0. The summed E-state index contributed by atoms with van der Waals surface area (Å²) in [5.74, 6) is 0. The van der Waals surface area contributed by atoms with Crippen molar-refractivity contribution in [3.8, 4) is 0 Å². The van der Waals surface area contributed by atoms with Crippen LogP contribution in [0.5, 0.6) is 0 Å². The van der Waals surface area contributed by atoms with Gasteiger partial charge in [-0.15, -0.1) is 0 Å². The second-order valence-corrected chi connectivity index (χ2v) is 0.250. The Morgan fingerprint density at radius 2 is 1.33 bits per heavy atom. The van der Waals surface area contributed by atoms with Gasteiger partial charge in [0.1, 0.15) is 0 Å². The van der Waals surface area contributed by atoms with Gasteiger partial charge >= 0.3 is 35.6 Å². The first-order chi connectivity index (χ1) is 1.73. The van der Waals surface area contributed by atoms with Crippen LogP contribution in [-0.4, -0.2) is 6.16 Å². The van der Waals surface area contributed by atoms with Crippen molar-refractivity contribution < 1.29 is 50.6 Å². The molecule has 0 aromatic rings. The van der Waals surface area contributed by atoms with Gasteiger partial charge in [-0.1, -0.05) is 0 Å². The monoisotopic (exact) mass is 126 g/mol. The SMILES string of the molecule is O=C([O-])[O-].[Co+2].[Li+]. The van der Waals surface area contributed by atoms with E-state index in [4.69, 9.17) is 15.0 Å². The number of carbonyl (C=O) groups is 1. The molecule has 0 atom stereocenters. The molecule has 0 bridgehead atoms. The Labute approximate surface area is 57.1 Å². The third-order valence-corrected chi connectivity index (χ3v) is 0. The molecule has 0 aromatic heterocycles. The van der Waals surface area contributed by atoms with Gasteiger partial charge in [0.05, 0.1) is 0 Å². The van der Waals surface area contributed by atoms with Crippen molar-refractivity contribution in [1.29, 1.82) is 0 Å². The molecule has 0 unspecified atom stereocenters. The standard InChI is InChI=1S/CH2O3.Co.Li/c2-1(3)4;;/h(H2,2,3,4);;/q;+2;+1/p-2. The zero-order valence-electron chi connectivity index (χ0n) is 3.06. The fraction of sp³-hybridized carbons (Fsp3) is 0. The molecular weight excluding hydrogens is 126 g/mol. The maximum absolute atomic E-state index is 8.33. The van der Waals surface area contributed by atoms with Crippen LogP contribution < -0.4 is 29.1 Å². The molecule has 3 nitrogen and oxygen atoms in total. The van der Waals surface area contributed by atoms with Crippen LogP contribution in [0.25, 0.3) is 0 Å². The molecule has 0 saturated carbocycles. The van der Waals surface area contributed by atoms with Gasteiger partial charge in [-0.2, -0.15) is 0 Å². The molecule has 6 heavy (non-hydrogen) atoms. The van der Waals surface area contributed by atoms with E-state index in [-0.39, 0.29) is 35.6 Å². The molecular formula is CCoLiO3+. The van der Waals surface area contributed by atoms with E-state index in [1.165, 1.54) is 0 Å². The summed E-state index contributed by atoms with van der Waals surface area (Å²) in [7, 11) is 0. The summed E-state index contributed by atoms with van der Waals surface area (Å²) in [6.07, 6.45) is -2.33. The van der Waals surface area contributed by atoms with Gasteiger partial charge < -0.3 is 15.0 Å². The molecule has 0 spiro atoms.